The molecule has 0 aromatic heterocycles. The molecule has 90 valence electrons. The highest BCUT2D eigenvalue weighted by atomic mass is 31.2. The van der Waals surface area contributed by atoms with Gasteiger partial charge in [0, 0.05) is 6.42 Å². The van der Waals surface area contributed by atoms with E-state index >= 15 is 0 Å². The number of aliphatic hydroxyl groups excluding tert-OH is 2. The van der Waals surface area contributed by atoms with E-state index in [2.05, 4.69) is 4.52 Å². The van der Waals surface area contributed by atoms with Crippen molar-refractivity contribution in [2.45, 2.75) is 31.0 Å². The van der Waals surface area contributed by atoms with Gasteiger partial charge in [0.2, 0.25) is 5.91 Å². The van der Waals surface area contributed by atoms with E-state index in [1.54, 1.807) is 0 Å². The number of hydrogen-bond donors (Lipinski definition) is 5. The first-order chi connectivity index (χ1) is 6.76. The van der Waals surface area contributed by atoms with Crippen molar-refractivity contribution in [1.29, 1.82) is 0 Å². The number of aliphatic hydroxyl groups is 2. The maximum Gasteiger partial charge on any atom is 0.473 e. The molecule has 1 aliphatic rings. The maximum atomic E-state index is 10.6. The highest BCUT2D eigenvalue weighted by Crippen LogP contribution is 2.43. The molecule has 9 heteroatoms. The van der Waals surface area contributed by atoms with E-state index in [1.165, 1.54) is 0 Å². The van der Waals surface area contributed by atoms with Crippen LogP contribution in [0.15, 0.2) is 0 Å². The normalized spacial score (nSPS) is 37.9. The van der Waals surface area contributed by atoms with E-state index in [-0.39, 0.29) is 12.8 Å². The molecule has 1 fully saturated rings. The lowest BCUT2D eigenvalue weighted by Gasteiger charge is -2.39. The van der Waals surface area contributed by atoms with Gasteiger partial charge in [0.1, 0.15) is 6.10 Å². The van der Waals surface area contributed by atoms with Gasteiger partial charge in [0.15, 0.2) is 0 Å². The molecule has 1 rings (SSSR count). The second-order valence-corrected chi connectivity index (χ2v) is 4.50. The second-order valence-electron chi connectivity index (χ2n) is 3.34. The van der Waals surface area contributed by atoms with Crippen LogP contribution in [0.1, 0.15) is 12.8 Å². The van der Waals surface area contributed by atoms with E-state index in [0.29, 0.717) is 0 Å². The maximum absolute atomic E-state index is 10.6. The first-order valence-corrected chi connectivity index (χ1v) is 5.81. The lowest BCUT2D eigenvalue weighted by molar-refractivity contribution is -0.270. The van der Waals surface area contributed by atoms with Crippen LogP contribution in [0, 0.1) is 0 Å². The summed E-state index contributed by atoms with van der Waals surface area (Å²) in [5.41, 5.74) is 5.41. The standard InChI is InChI=1S/C6H14NO7P/c7-6(14-15(10,11)12)2-1-4(9)5(3-8)13-6/h4-5,8-9H,1-3,7H2,(H2,10,11,12)/t4-,5+,6-/m0/s1. The second kappa shape index (κ2) is 4.44. The van der Waals surface area contributed by atoms with E-state index in [1.807, 2.05) is 0 Å². The van der Waals surface area contributed by atoms with Crippen molar-refractivity contribution < 1.29 is 33.8 Å². The SMILES string of the molecule is N[C@@]1(OP(=O)(O)O)CC[C@H](O)[C@@H](CO)O1. The van der Waals surface area contributed by atoms with Crippen LogP contribution < -0.4 is 5.73 Å². The first kappa shape index (κ1) is 13.0. The quantitative estimate of drug-likeness (QED) is 0.290. The van der Waals surface area contributed by atoms with Gasteiger partial charge in [-0.2, -0.15) is 0 Å². The molecular formula is C6H14NO7P. The molecule has 1 heterocycles. The molecule has 8 nitrogen and oxygen atoms in total. The van der Waals surface area contributed by atoms with Crippen LogP contribution in [-0.2, 0) is 13.8 Å². The molecule has 0 bridgehead atoms. The van der Waals surface area contributed by atoms with Crippen molar-refractivity contribution in [3.63, 3.8) is 0 Å². The van der Waals surface area contributed by atoms with Gasteiger partial charge in [-0.05, 0) is 6.42 Å². The number of rotatable bonds is 3. The Hall–Kier alpha value is -0.0500. The van der Waals surface area contributed by atoms with Crippen molar-refractivity contribution in [3.05, 3.63) is 0 Å². The Labute approximate surface area is 85.9 Å². The highest BCUT2D eigenvalue weighted by Gasteiger charge is 2.43. The monoisotopic (exact) mass is 243 g/mol. The van der Waals surface area contributed by atoms with E-state index in [0.717, 1.165) is 0 Å². The molecule has 0 radical (unpaired) electrons. The summed E-state index contributed by atoms with van der Waals surface area (Å²) < 4.78 is 19.7. The van der Waals surface area contributed by atoms with Gasteiger partial charge < -0.3 is 24.7 Å². The van der Waals surface area contributed by atoms with Crippen LogP contribution >= 0.6 is 7.82 Å². The van der Waals surface area contributed by atoms with Gasteiger partial charge in [-0.15, -0.1) is 0 Å². The van der Waals surface area contributed by atoms with Crippen LogP contribution in [0.25, 0.3) is 0 Å². The minimum atomic E-state index is -4.77. The van der Waals surface area contributed by atoms with E-state index in [9.17, 15) is 9.67 Å². The molecular weight excluding hydrogens is 229 g/mol. The van der Waals surface area contributed by atoms with Crippen LogP contribution in [0.3, 0.4) is 0 Å². The third-order valence-electron chi connectivity index (χ3n) is 2.02. The fourth-order valence-electron chi connectivity index (χ4n) is 1.36. The summed E-state index contributed by atoms with van der Waals surface area (Å²) in [6.45, 7) is -0.509. The third kappa shape index (κ3) is 3.78. The number of hydrogen-bond acceptors (Lipinski definition) is 6. The molecule has 0 amide bonds. The summed E-state index contributed by atoms with van der Waals surface area (Å²) in [7, 11) is -4.77. The minimum absolute atomic E-state index is 0.0736. The molecule has 15 heavy (non-hydrogen) atoms. The van der Waals surface area contributed by atoms with Crippen molar-refractivity contribution in [2.24, 2.45) is 5.73 Å². The zero-order chi connectivity index (χ0) is 11.7. The first-order valence-electron chi connectivity index (χ1n) is 4.28. The molecule has 0 aromatic rings. The molecule has 0 saturated carbocycles. The van der Waals surface area contributed by atoms with Crippen LogP contribution in [0.5, 0.6) is 0 Å². The van der Waals surface area contributed by atoms with Gasteiger partial charge in [0.05, 0.1) is 12.7 Å². The molecule has 1 saturated heterocycles. The number of ether oxygens (including phenoxy) is 1. The van der Waals surface area contributed by atoms with Crippen LogP contribution in [-0.4, -0.2) is 44.7 Å². The number of nitrogens with two attached hydrogens (primary N) is 1. The van der Waals surface area contributed by atoms with Crippen molar-refractivity contribution in [2.75, 3.05) is 6.61 Å². The summed E-state index contributed by atoms with van der Waals surface area (Å²) in [4.78, 5) is 17.1. The van der Waals surface area contributed by atoms with Gasteiger partial charge in [-0.3, -0.25) is 5.73 Å². The van der Waals surface area contributed by atoms with Crippen molar-refractivity contribution in [1.82, 2.24) is 0 Å². The lowest BCUT2D eigenvalue weighted by atomic mass is 10.0. The van der Waals surface area contributed by atoms with Gasteiger partial charge >= 0.3 is 7.82 Å². The Morgan fingerprint density at radius 2 is 2.20 bits per heavy atom. The summed E-state index contributed by atoms with van der Waals surface area (Å²) in [5, 5.41) is 18.1. The molecule has 6 N–H and O–H groups in total. The van der Waals surface area contributed by atoms with Crippen molar-refractivity contribution in [3.8, 4) is 0 Å². The fraction of sp³-hybridized carbons (Fsp3) is 1.00. The van der Waals surface area contributed by atoms with E-state index in [4.69, 9.17) is 25.4 Å². The zero-order valence-corrected chi connectivity index (χ0v) is 8.71. The Morgan fingerprint density at radius 1 is 1.60 bits per heavy atom. The number of phosphoric ester groups is 1. The fourth-order valence-corrected chi connectivity index (χ4v) is 1.89. The average molecular weight is 243 g/mol. The lowest BCUT2D eigenvalue weighted by Crippen LogP contribution is -2.55. The van der Waals surface area contributed by atoms with Crippen LogP contribution in [0.2, 0.25) is 0 Å². The highest BCUT2D eigenvalue weighted by molar-refractivity contribution is 7.46. The van der Waals surface area contributed by atoms with Gasteiger partial charge in [-0.25, -0.2) is 9.09 Å². The van der Waals surface area contributed by atoms with Gasteiger partial charge in [0.25, 0.3) is 0 Å². The van der Waals surface area contributed by atoms with E-state index < -0.39 is 32.5 Å². The minimum Gasteiger partial charge on any atom is -0.394 e. The topological polar surface area (TPSA) is 142 Å². The Morgan fingerprint density at radius 3 is 2.67 bits per heavy atom. The molecule has 0 unspecified atom stereocenters. The predicted octanol–water partition coefficient (Wildman–Crippen LogP) is -1.76. The Bertz CT molecular complexity index is 268. The largest absolute Gasteiger partial charge is 0.473 e. The molecule has 0 aliphatic carbocycles. The zero-order valence-electron chi connectivity index (χ0n) is 7.81. The number of phosphoric acid groups is 1. The predicted molar refractivity (Wildman–Crippen MR) is 47.2 cm³/mol. The summed E-state index contributed by atoms with van der Waals surface area (Å²) in [6, 6.07) is 0. The molecule has 3 atom stereocenters. The van der Waals surface area contributed by atoms with Gasteiger partial charge in [-0.1, -0.05) is 0 Å². The Kier molecular flexibility index (Phi) is 3.85. The molecule has 0 spiro atoms. The third-order valence-corrected chi connectivity index (χ3v) is 2.57. The van der Waals surface area contributed by atoms with Crippen LogP contribution in [0.4, 0.5) is 0 Å². The summed E-state index contributed by atoms with van der Waals surface area (Å²) in [5.74, 6) is -1.97. The Balaban J connectivity index is 2.67. The molecule has 1 aliphatic heterocycles. The average Bonchev–Trinajstić information content (AvgIpc) is 2.06. The molecule has 0 aromatic carbocycles. The van der Waals surface area contributed by atoms with Crippen molar-refractivity contribution >= 4 is 7.82 Å². The smallest absolute Gasteiger partial charge is 0.394 e. The summed E-state index contributed by atoms with van der Waals surface area (Å²) >= 11 is 0. The summed E-state index contributed by atoms with van der Waals surface area (Å²) in [6.07, 6.45) is -1.88.